The number of fused-ring (bicyclic) bond motifs is 1. The van der Waals surface area contributed by atoms with Gasteiger partial charge in [0.05, 0.1) is 17.1 Å². The zero-order valence-electron chi connectivity index (χ0n) is 20.6. The van der Waals surface area contributed by atoms with E-state index in [1.165, 1.54) is 12.1 Å². The number of hydrogen-bond donors (Lipinski definition) is 2. The first-order valence-electron chi connectivity index (χ1n) is 11.1. The molecule has 0 spiro atoms. The maximum absolute atomic E-state index is 13.4. The number of aryl methyl sites for hydroxylation is 1. The first-order chi connectivity index (χ1) is 16.8. The summed E-state index contributed by atoms with van der Waals surface area (Å²) < 4.78 is 30.6. The van der Waals surface area contributed by atoms with Crippen LogP contribution < -0.4 is 15.9 Å². The van der Waals surface area contributed by atoms with E-state index in [-0.39, 0.29) is 21.3 Å². The number of benzene rings is 1. The molecule has 3 aromatic rings. The monoisotopic (exact) mass is 526 g/mol. The van der Waals surface area contributed by atoms with Crippen molar-refractivity contribution >= 4 is 43.9 Å². The molecule has 0 unspecified atom stereocenters. The predicted octanol–water partition coefficient (Wildman–Crippen LogP) is 5.03. The van der Waals surface area contributed by atoms with Gasteiger partial charge >= 0.3 is 0 Å². The Balaban J connectivity index is 1.90. The smallest absolute Gasteiger partial charge is 0.257 e. The number of sulfonamides is 1. The quantitative estimate of drug-likeness (QED) is 0.448. The highest BCUT2D eigenvalue weighted by Gasteiger charge is 2.23. The van der Waals surface area contributed by atoms with Gasteiger partial charge in [0, 0.05) is 35.6 Å². The Kier molecular flexibility index (Phi) is 6.59. The number of allylic oxidation sites excluding steroid dienone is 3. The number of anilines is 1. The standard InChI is InChI=1S/C26H27ClN4O4S/c1-13-9-19(16(4)29-21-7-8-22(27)30-26(21)36(28,33)34)25-20(10-13)23(32)15(3)24(35-25)18-11-14(2)17(5)31(6)12-18/h7-12,16,29H,5H2,1-4,6H3,(H2,28,33,34)/t16-/m1/s1. The summed E-state index contributed by atoms with van der Waals surface area (Å²) in [5, 5.41) is 8.57. The van der Waals surface area contributed by atoms with Gasteiger partial charge in [0.25, 0.3) is 10.0 Å². The van der Waals surface area contributed by atoms with Gasteiger partial charge in [-0.3, -0.25) is 4.79 Å². The molecule has 0 aliphatic carbocycles. The number of halogens is 1. The summed E-state index contributed by atoms with van der Waals surface area (Å²) in [5.41, 5.74) is 5.05. The highest BCUT2D eigenvalue weighted by Crippen LogP contribution is 2.34. The lowest BCUT2D eigenvalue weighted by molar-refractivity contribution is 0.555. The number of nitrogens with zero attached hydrogens (tertiary/aromatic N) is 2. The topological polar surface area (TPSA) is 119 Å². The predicted molar refractivity (Wildman–Crippen MR) is 143 cm³/mol. The zero-order chi connectivity index (χ0) is 26.5. The van der Waals surface area contributed by atoms with E-state index in [4.69, 9.17) is 21.2 Å². The van der Waals surface area contributed by atoms with Crippen LogP contribution in [0.2, 0.25) is 5.15 Å². The number of primary sulfonamides is 1. The number of hydrogen-bond acceptors (Lipinski definition) is 7. The lowest BCUT2D eigenvalue weighted by Crippen LogP contribution is -2.19. The van der Waals surface area contributed by atoms with Crippen LogP contribution in [0.5, 0.6) is 0 Å². The van der Waals surface area contributed by atoms with Crippen LogP contribution in [0.1, 0.15) is 42.3 Å². The Morgan fingerprint density at radius 3 is 2.56 bits per heavy atom. The van der Waals surface area contributed by atoms with Gasteiger partial charge in [0.1, 0.15) is 16.5 Å². The van der Waals surface area contributed by atoms with Gasteiger partial charge in [-0.05, 0) is 63.1 Å². The fourth-order valence-electron chi connectivity index (χ4n) is 4.26. The molecule has 188 valence electrons. The van der Waals surface area contributed by atoms with Crippen molar-refractivity contribution in [2.75, 3.05) is 12.4 Å². The van der Waals surface area contributed by atoms with E-state index in [0.29, 0.717) is 27.9 Å². The van der Waals surface area contributed by atoms with Gasteiger partial charge in [0.15, 0.2) is 10.5 Å². The highest BCUT2D eigenvalue weighted by molar-refractivity contribution is 7.89. The molecule has 36 heavy (non-hydrogen) atoms. The summed E-state index contributed by atoms with van der Waals surface area (Å²) in [6.07, 6.45) is 3.81. The second kappa shape index (κ2) is 9.24. The second-order valence-corrected chi connectivity index (χ2v) is 10.8. The Labute approximate surface area is 214 Å². The third-order valence-corrected chi connectivity index (χ3v) is 7.23. The molecule has 3 N–H and O–H groups in total. The molecule has 10 heteroatoms. The minimum atomic E-state index is -4.14. The number of aromatic nitrogens is 1. The van der Waals surface area contributed by atoms with Crippen molar-refractivity contribution in [1.29, 1.82) is 0 Å². The molecule has 1 aliphatic rings. The molecule has 1 atom stereocenters. The Bertz CT molecular complexity index is 1650. The molecular formula is C26H27ClN4O4S. The molecule has 0 saturated heterocycles. The van der Waals surface area contributed by atoms with E-state index in [1.807, 2.05) is 51.1 Å². The fourth-order valence-corrected chi connectivity index (χ4v) is 5.12. The van der Waals surface area contributed by atoms with Crippen LogP contribution in [0, 0.1) is 13.8 Å². The second-order valence-electron chi connectivity index (χ2n) is 8.98. The van der Waals surface area contributed by atoms with Crippen molar-refractivity contribution in [3.8, 4) is 0 Å². The molecule has 0 fully saturated rings. The van der Waals surface area contributed by atoms with Crippen LogP contribution in [0.15, 0.2) is 68.6 Å². The third-order valence-electron chi connectivity index (χ3n) is 6.17. The summed E-state index contributed by atoms with van der Waals surface area (Å²) >= 11 is 5.90. The summed E-state index contributed by atoms with van der Waals surface area (Å²) in [7, 11) is -2.25. The fraction of sp³-hybridized carbons (Fsp3) is 0.231. The number of pyridine rings is 1. The van der Waals surface area contributed by atoms with Crippen LogP contribution in [-0.4, -0.2) is 25.3 Å². The maximum atomic E-state index is 13.4. The van der Waals surface area contributed by atoms with Crippen molar-refractivity contribution in [2.24, 2.45) is 5.14 Å². The molecule has 0 amide bonds. The van der Waals surface area contributed by atoms with E-state index in [2.05, 4.69) is 16.9 Å². The average Bonchev–Trinajstić information content (AvgIpc) is 2.79. The Hall–Kier alpha value is -3.40. The summed E-state index contributed by atoms with van der Waals surface area (Å²) in [6.45, 7) is 11.5. The third kappa shape index (κ3) is 4.69. The highest BCUT2D eigenvalue weighted by atomic mass is 35.5. The SMILES string of the molecule is C=C1C(C)=CC(c2oc3c([C@@H](C)Nc4ccc(Cl)nc4S(N)(=O)=O)cc(C)cc3c(=O)c2C)=CN1C. The van der Waals surface area contributed by atoms with Crippen LogP contribution in [-0.2, 0) is 10.0 Å². The molecule has 8 nitrogen and oxygen atoms in total. The van der Waals surface area contributed by atoms with Crippen LogP contribution in [0.3, 0.4) is 0 Å². The van der Waals surface area contributed by atoms with E-state index >= 15 is 0 Å². The summed E-state index contributed by atoms with van der Waals surface area (Å²) in [5.74, 6) is 0.460. The van der Waals surface area contributed by atoms with Crippen molar-refractivity contribution < 1.29 is 12.8 Å². The largest absolute Gasteiger partial charge is 0.455 e. The van der Waals surface area contributed by atoms with Crippen LogP contribution in [0.25, 0.3) is 16.5 Å². The lowest BCUT2D eigenvalue weighted by atomic mass is 9.97. The van der Waals surface area contributed by atoms with Gasteiger partial charge in [0.2, 0.25) is 0 Å². The molecule has 2 aromatic heterocycles. The van der Waals surface area contributed by atoms with Gasteiger partial charge in [-0.1, -0.05) is 24.2 Å². The van der Waals surface area contributed by atoms with Crippen molar-refractivity contribution in [3.63, 3.8) is 0 Å². The van der Waals surface area contributed by atoms with Crippen LogP contribution in [0.4, 0.5) is 5.69 Å². The van der Waals surface area contributed by atoms with Crippen molar-refractivity contribution in [3.05, 3.63) is 92.2 Å². The Morgan fingerprint density at radius 1 is 1.22 bits per heavy atom. The maximum Gasteiger partial charge on any atom is 0.257 e. The van der Waals surface area contributed by atoms with Crippen molar-refractivity contribution in [2.45, 2.75) is 38.8 Å². The first kappa shape index (κ1) is 25.7. The molecule has 1 aromatic carbocycles. The minimum absolute atomic E-state index is 0.00102. The molecule has 0 bridgehead atoms. The number of likely N-dealkylation sites (N-methyl/N-ethyl adjacent to an activating group) is 1. The van der Waals surface area contributed by atoms with E-state index in [9.17, 15) is 13.2 Å². The van der Waals surface area contributed by atoms with Gasteiger partial charge in [-0.2, -0.15) is 0 Å². The number of rotatable bonds is 5. The van der Waals surface area contributed by atoms with Crippen molar-refractivity contribution in [1.82, 2.24) is 9.88 Å². The molecule has 4 rings (SSSR count). The normalized spacial score (nSPS) is 15.1. The number of nitrogens with two attached hydrogens (primary N) is 1. The summed E-state index contributed by atoms with van der Waals surface area (Å²) in [4.78, 5) is 19.2. The Morgan fingerprint density at radius 2 is 1.92 bits per heavy atom. The lowest BCUT2D eigenvalue weighted by Gasteiger charge is -2.24. The molecular weight excluding hydrogens is 500 g/mol. The van der Waals surface area contributed by atoms with Gasteiger partial charge in [-0.25, -0.2) is 18.5 Å². The molecule has 1 aliphatic heterocycles. The summed E-state index contributed by atoms with van der Waals surface area (Å²) in [6, 6.07) is 6.17. The van der Waals surface area contributed by atoms with Crippen LogP contribution >= 0.6 is 11.6 Å². The van der Waals surface area contributed by atoms with E-state index in [1.54, 1.807) is 13.0 Å². The first-order valence-corrected chi connectivity index (χ1v) is 13.1. The zero-order valence-corrected chi connectivity index (χ0v) is 22.2. The van der Waals surface area contributed by atoms with Gasteiger partial charge < -0.3 is 14.6 Å². The number of nitrogens with one attached hydrogen (secondary N) is 1. The average molecular weight is 527 g/mol. The molecule has 0 saturated carbocycles. The van der Waals surface area contributed by atoms with E-state index in [0.717, 1.165) is 22.4 Å². The minimum Gasteiger partial charge on any atom is -0.455 e. The van der Waals surface area contributed by atoms with Gasteiger partial charge in [-0.15, -0.1) is 0 Å². The molecule has 0 radical (unpaired) electrons. The van der Waals surface area contributed by atoms with E-state index < -0.39 is 16.1 Å². The molecule has 3 heterocycles.